The summed E-state index contributed by atoms with van der Waals surface area (Å²) in [5.74, 6) is 1.59. The Balaban J connectivity index is 1.30. The molecular weight excluding hydrogens is 414 g/mol. The van der Waals surface area contributed by atoms with Crippen molar-refractivity contribution in [3.63, 3.8) is 0 Å². The number of nitrogens with zero attached hydrogens (tertiary/aromatic N) is 3. The van der Waals surface area contributed by atoms with Gasteiger partial charge < -0.3 is 24.4 Å². The lowest BCUT2D eigenvalue weighted by molar-refractivity contribution is 0.0889. The number of likely N-dealkylation sites (tertiary alicyclic amines) is 1. The standard InChI is InChI=1S/C27H33N3O3/c1-21(32)27-28-14-18-30(27)15-2-3-22-4-6-23(7-5-22)24-8-10-25(11-9-24)33-26-12-16-29(17-13-26)19-20-31/h2-11,14,18,21,26,31-32H,12-13,15-17,19-20H2,1H3/b3-2+/t21-/m0/s1. The van der Waals surface area contributed by atoms with Crippen LogP contribution in [0.3, 0.4) is 0 Å². The molecule has 1 fully saturated rings. The number of benzene rings is 2. The Bertz CT molecular complexity index is 1020. The van der Waals surface area contributed by atoms with E-state index in [4.69, 9.17) is 9.84 Å². The molecule has 0 unspecified atom stereocenters. The van der Waals surface area contributed by atoms with Gasteiger partial charge in [0.2, 0.25) is 0 Å². The molecule has 0 bridgehead atoms. The van der Waals surface area contributed by atoms with Crippen LogP contribution in [-0.2, 0) is 6.54 Å². The fourth-order valence-corrected chi connectivity index (χ4v) is 4.24. The lowest BCUT2D eigenvalue weighted by Crippen LogP contribution is -2.39. The summed E-state index contributed by atoms with van der Waals surface area (Å²) in [6.45, 7) is 5.33. The zero-order valence-electron chi connectivity index (χ0n) is 19.2. The van der Waals surface area contributed by atoms with Gasteiger partial charge in [-0.25, -0.2) is 4.98 Å². The Labute approximate surface area is 195 Å². The lowest BCUT2D eigenvalue weighted by atomic mass is 10.0. The number of rotatable bonds is 9. The predicted octanol–water partition coefficient (Wildman–Crippen LogP) is 4.15. The summed E-state index contributed by atoms with van der Waals surface area (Å²) in [5.41, 5.74) is 3.46. The van der Waals surface area contributed by atoms with E-state index in [-0.39, 0.29) is 12.7 Å². The molecule has 0 spiro atoms. The molecule has 1 aromatic heterocycles. The summed E-state index contributed by atoms with van der Waals surface area (Å²) in [6, 6.07) is 16.8. The molecule has 2 N–H and O–H groups in total. The summed E-state index contributed by atoms with van der Waals surface area (Å²) in [4.78, 5) is 6.48. The highest BCUT2D eigenvalue weighted by Gasteiger charge is 2.20. The Morgan fingerprint density at radius 1 is 1.06 bits per heavy atom. The van der Waals surface area contributed by atoms with Crippen molar-refractivity contribution in [1.29, 1.82) is 0 Å². The first kappa shape index (κ1) is 23.2. The van der Waals surface area contributed by atoms with Crippen LogP contribution in [0.4, 0.5) is 0 Å². The Morgan fingerprint density at radius 3 is 2.36 bits per heavy atom. The van der Waals surface area contributed by atoms with Crippen LogP contribution in [-0.4, -0.2) is 57.0 Å². The van der Waals surface area contributed by atoms with E-state index in [0.29, 0.717) is 12.4 Å². The number of hydrogen-bond donors (Lipinski definition) is 2. The van der Waals surface area contributed by atoms with E-state index in [9.17, 15) is 5.11 Å². The number of hydrogen-bond acceptors (Lipinski definition) is 5. The Morgan fingerprint density at radius 2 is 1.73 bits per heavy atom. The largest absolute Gasteiger partial charge is 0.490 e. The molecular formula is C27H33N3O3. The van der Waals surface area contributed by atoms with Crippen molar-refractivity contribution in [2.45, 2.75) is 38.5 Å². The minimum absolute atomic E-state index is 0.223. The third kappa shape index (κ3) is 6.32. The first-order chi connectivity index (χ1) is 16.1. The fourth-order valence-electron chi connectivity index (χ4n) is 4.24. The number of ether oxygens (including phenoxy) is 1. The molecule has 1 aliphatic rings. The maximum absolute atomic E-state index is 9.75. The molecule has 2 aromatic carbocycles. The van der Waals surface area contributed by atoms with Crippen LogP contribution in [0.25, 0.3) is 17.2 Å². The van der Waals surface area contributed by atoms with Crippen LogP contribution in [0, 0.1) is 0 Å². The minimum atomic E-state index is -0.575. The second-order valence-corrected chi connectivity index (χ2v) is 8.54. The topological polar surface area (TPSA) is 70.8 Å². The molecule has 6 heteroatoms. The summed E-state index contributed by atoms with van der Waals surface area (Å²) in [6.07, 6.45) is 9.41. The van der Waals surface area contributed by atoms with E-state index in [0.717, 1.165) is 49.4 Å². The average molecular weight is 448 g/mol. The minimum Gasteiger partial charge on any atom is -0.490 e. The van der Waals surface area contributed by atoms with Crippen molar-refractivity contribution < 1.29 is 14.9 Å². The number of imidazole rings is 1. The van der Waals surface area contributed by atoms with E-state index >= 15 is 0 Å². The van der Waals surface area contributed by atoms with Gasteiger partial charge in [-0.1, -0.05) is 48.6 Å². The zero-order chi connectivity index (χ0) is 23.0. The molecule has 0 amide bonds. The van der Waals surface area contributed by atoms with Gasteiger partial charge in [-0.3, -0.25) is 0 Å². The molecule has 3 aromatic rings. The highest BCUT2D eigenvalue weighted by Crippen LogP contribution is 2.25. The Kier molecular flexibility index (Phi) is 7.94. The van der Waals surface area contributed by atoms with Gasteiger partial charge in [-0.05, 0) is 48.6 Å². The zero-order valence-corrected chi connectivity index (χ0v) is 19.2. The summed E-state index contributed by atoms with van der Waals surface area (Å²) in [7, 11) is 0. The molecule has 0 aliphatic carbocycles. The van der Waals surface area contributed by atoms with Crippen LogP contribution in [0.2, 0.25) is 0 Å². The van der Waals surface area contributed by atoms with E-state index in [1.165, 1.54) is 5.56 Å². The maximum atomic E-state index is 9.75. The molecule has 1 aliphatic heterocycles. The van der Waals surface area contributed by atoms with Crippen molar-refractivity contribution in [3.05, 3.63) is 78.4 Å². The van der Waals surface area contributed by atoms with Crippen molar-refractivity contribution >= 4 is 6.08 Å². The third-order valence-corrected chi connectivity index (χ3v) is 6.09. The number of β-amino-alcohol motifs (C(OH)–C–C–N with tert-alkyl or cyclic N) is 1. The third-order valence-electron chi connectivity index (χ3n) is 6.09. The van der Waals surface area contributed by atoms with Crippen LogP contribution in [0.5, 0.6) is 5.75 Å². The van der Waals surface area contributed by atoms with Crippen LogP contribution in [0.15, 0.2) is 67.0 Å². The number of piperidine rings is 1. The van der Waals surface area contributed by atoms with Gasteiger partial charge in [0, 0.05) is 38.6 Å². The van der Waals surface area contributed by atoms with Crippen LogP contribution in [0.1, 0.15) is 37.3 Å². The number of aromatic nitrogens is 2. The quantitative estimate of drug-likeness (QED) is 0.516. The molecule has 174 valence electrons. The molecule has 6 nitrogen and oxygen atoms in total. The first-order valence-electron chi connectivity index (χ1n) is 11.7. The number of aliphatic hydroxyl groups excluding tert-OH is 2. The second-order valence-electron chi connectivity index (χ2n) is 8.54. The fraction of sp³-hybridized carbons (Fsp3) is 0.370. The lowest BCUT2D eigenvalue weighted by Gasteiger charge is -2.31. The van der Waals surface area contributed by atoms with E-state index in [2.05, 4.69) is 58.4 Å². The molecule has 0 radical (unpaired) electrons. The second kappa shape index (κ2) is 11.3. The molecule has 33 heavy (non-hydrogen) atoms. The number of aliphatic hydroxyl groups is 2. The van der Waals surface area contributed by atoms with Crippen molar-refractivity contribution in [3.8, 4) is 16.9 Å². The Hall–Kier alpha value is -2.93. The van der Waals surface area contributed by atoms with Gasteiger partial charge >= 0.3 is 0 Å². The molecule has 0 saturated carbocycles. The monoisotopic (exact) mass is 447 g/mol. The van der Waals surface area contributed by atoms with Crippen molar-refractivity contribution in [1.82, 2.24) is 14.5 Å². The van der Waals surface area contributed by atoms with Crippen molar-refractivity contribution in [2.24, 2.45) is 0 Å². The normalized spacial score (nSPS) is 16.3. The van der Waals surface area contributed by atoms with Gasteiger partial charge in [-0.15, -0.1) is 0 Å². The molecule has 1 saturated heterocycles. The first-order valence-corrected chi connectivity index (χ1v) is 11.7. The molecule has 4 rings (SSSR count). The van der Waals surface area contributed by atoms with Gasteiger partial charge in [-0.2, -0.15) is 0 Å². The smallest absolute Gasteiger partial charge is 0.137 e. The van der Waals surface area contributed by atoms with E-state index < -0.39 is 6.10 Å². The number of allylic oxidation sites excluding steroid dienone is 1. The van der Waals surface area contributed by atoms with Gasteiger partial charge in [0.05, 0.1) is 6.61 Å². The van der Waals surface area contributed by atoms with Gasteiger partial charge in [0.1, 0.15) is 23.8 Å². The average Bonchev–Trinajstić information content (AvgIpc) is 3.31. The maximum Gasteiger partial charge on any atom is 0.137 e. The van der Waals surface area contributed by atoms with E-state index in [1.807, 2.05) is 22.9 Å². The highest BCUT2D eigenvalue weighted by atomic mass is 16.5. The summed E-state index contributed by atoms with van der Waals surface area (Å²) >= 11 is 0. The van der Waals surface area contributed by atoms with Crippen molar-refractivity contribution in [2.75, 3.05) is 26.2 Å². The van der Waals surface area contributed by atoms with Gasteiger partial charge in [0.25, 0.3) is 0 Å². The predicted molar refractivity (Wildman–Crippen MR) is 131 cm³/mol. The SMILES string of the molecule is C[C@H](O)c1nccn1C/C=C/c1ccc(-c2ccc(OC3CCN(CCO)CC3)cc2)cc1. The molecule has 1 atom stereocenters. The van der Waals surface area contributed by atoms with E-state index in [1.54, 1.807) is 13.1 Å². The summed E-state index contributed by atoms with van der Waals surface area (Å²) in [5, 5.41) is 18.8. The highest BCUT2D eigenvalue weighted by molar-refractivity contribution is 5.66. The van der Waals surface area contributed by atoms with Crippen LogP contribution < -0.4 is 4.74 Å². The van der Waals surface area contributed by atoms with Gasteiger partial charge in [0.15, 0.2) is 0 Å². The summed E-state index contributed by atoms with van der Waals surface area (Å²) < 4.78 is 8.11. The molecule has 2 heterocycles. The van der Waals surface area contributed by atoms with Crippen LogP contribution >= 0.6 is 0 Å².